The highest BCUT2D eigenvalue weighted by Gasteiger charge is 2.27. The number of aliphatic carboxylic acids is 1. The normalized spacial score (nSPS) is 12.1. The third-order valence-electron chi connectivity index (χ3n) is 2.70. The summed E-state index contributed by atoms with van der Waals surface area (Å²) in [6, 6.07) is 7.82. The molecule has 0 aliphatic rings. The van der Waals surface area contributed by atoms with Crippen LogP contribution in [0.2, 0.25) is 0 Å². The van der Waals surface area contributed by atoms with Crippen LogP contribution >= 0.6 is 0 Å². The molecule has 0 spiro atoms. The Morgan fingerprint density at radius 2 is 1.78 bits per heavy atom. The molecular formula is C16H22N2O5. The molecule has 1 rings (SSSR count). The van der Waals surface area contributed by atoms with E-state index in [1.165, 1.54) is 0 Å². The zero-order valence-electron chi connectivity index (χ0n) is 13.5. The molecule has 1 aromatic rings. The van der Waals surface area contributed by atoms with Crippen molar-refractivity contribution in [3.8, 4) is 0 Å². The molecule has 0 heterocycles. The van der Waals surface area contributed by atoms with Gasteiger partial charge in [-0.2, -0.15) is 0 Å². The number of ether oxygens (including phenoxy) is 1. The molecule has 0 aliphatic heterocycles. The monoisotopic (exact) mass is 322 g/mol. The van der Waals surface area contributed by atoms with Gasteiger partial charge in [0, 0.05) is 5.54 Å². The molecule has 3 N–H and O–H groups in total. The lowest BCUT2D eigenvalue weighted by Gasteiger charge is -2.24. The molecule has 0 aliphatic carbocycles. The Balaban J connectivity index is 2.60. The first-order chi connectivity index (χ1) is 10.7. The second-order valence-electron chi connectivity index (χ2n) is 6.10. The predicted molar refractivity (Wildman–Crippen MR) is 83.7 cm³/mol. The molecule has 1 atom stereocenters. The predicted octanol–water partition coefficient (Wildman–Crippen LogP) is 1.67. The van der Waals surface area contributed by atoms with Gasteiger partial charge >= 0.3 is 12.1 Å². The molecule has 0 bridgehead atoms. The largest absolute Gasteiger partial charge is 0.481 e. The van der Waals surface area contributed by atoms with Crippen molar-refractivity contribution in [3.05, 3.63) is 35.9 Å². The van der Waals surface area contributed by atoms with Crippen LogP contribution in [0, 0.1) is 0 Å². The van der Waals surface area contributed by atoms with E-state index in [0.29, 0.717) is 0 Å². The van der Waals surface area contributed by atoms with E-state index in [2.05, 4.69) is 10.6 Å². The van der Waals surface area contributed by atoms with Crippen molar-refractivity contribution in [1.82, 2.24) is 10.6 Å². The summed E-state index contributed by atoms with van der Waals surface area (Å²) in [5.74, 6) is -1.76. The molecule has 0 saturated heterocycles. The number of hydrogen-bond donors (Lipinski definition) is 3. The highest BCUT2D eigenvalue weighted by atomic mass is 16.5. The molecule has 126 valence electrons. The molecule has 0 unspecified atom stereocenters. The van der Waals surface area contributed by atoms with E-state index in [1.807, 2.05) is 6.07 Å². The van der Waals surface area contributed by atoms with E-state index < -0.39 is 36.0 Å². The summed E-state index contributed by atoms with van der Waals surface area (Å²) in [4.78, 5) is 34.7. The molecule has 1 aromatic carbocycles. The molecular weight excluding hydrogens is 300 g/mol. The number of carbonyl (C=O) groups is 3. The molecule has 0 aromatic heterocycles. The summed E-state index contributed by atoms with van der Waals surface area (Å²) >= 11 is 0. The average Bonchev–Trinajstić information content (AvgIpc) is 2.43. The highest BCUT2D eigenvalue weighted by molar-refractivity contribution is 5.89. The fraction of sp³-hybridized carbons (Fsp3) is 0.438. The number of nitrogens with one attached hydrogen (secondary N) is 2. The third-order valence-corrected chi connectivity index (χ3v) is 2.70. The van der Waals surface area contributed by atoms with E-state index in [-0.39, 0.29) is 6.61 Å². The van der Waals surface area contributed by atoms with Crippen LogP contribution in [-0.4, -0.2) is 34.7 Å². The maximum absolute atomic E-state index is 12.1. The van der Waals surface area contributed by atoms with Crippen molar-refractivity contribution in [2.24, 2.45) is 0 Å². The fourth-order valence-corrected chi connectivity index (χ4v) is 1.75. The summed E-state index contributed by atoms with van der Waals surface area (Å²) in [5.41, 5.74) is 0.250. The van der Waals surface area contributed by atoms with E-state index in [4.69, 9.17) is 9.84 Å². The van der Waals surface area contributed by atoms with Crippen molar-refractivity contribution in [2.75, 3.05) is 0 Å². The van der Waals surface area contributed by atoms with Crippen molar-refractivity contribution < 1.29 is 24.2 Å². The van der Waals surface area contributed by atoms with E-state index in [0.717, 1.165) is 5.56 Å². The van der Waals surface area contributed by atoms with Gasteiger partial charge in [0.2, 0.25) is 5.91 Å². The second kappa shape index (κ2) is 8.17. The minimum Gasteiger partial charge on any atom is -0.481 e. The molecule has 7 nitrogen and oxygen atoms in total. The van der Waals surface area contributed by atoms with E-state index in [1.54, 1.807) is 45.0 Å². The maximum atomic E-state index is 12.1. The summed E-state index contributed by atoms with van der Waals surface area (Å²) in [6.45, 7) is 5.32. The van der Waals surface area contributed by atoms with Crippen molar-refractivity contribution >= 4 is 18.0 Å². The summed E-state index contributed by atoms with van der Waals surface area (Å²) < 4.78 is 5.00. The average molecular weight is 322 g/mol. The molecule has 0 fully saturated rings. The first-order valence-electron chi connectivity index (χ1n) is 7.18. The summed E-state index contributed by atoms with van der Waals surface area (Å²) in [6.07, 6.45) is -1.37. The number of carboxylic acids is 1. The van der Waals surface area contributed by atoms with Gasteiger partial charge in [-0.3, -0.25) is 9.59 Å². The van der Waals surface area contributed by atoms with E-state index in [9.17, 15) is 14.4 Å². The van der Waals surface area contributed by atoms with Crippen LogP contribution in [-0.2, 0) is 20.9 Å². The van der Waals surface area contributed by atoms with Crippen molar-refractivity contribution in [3.63, 3.8) is 0 Å². The van der Waals surface area contributed by atoms with Crippen LogP contribution in [0.15, 0.2) is 30.3 Å². The number of carbonyl (C=O) groups excluding carboxylic acids is 2. The Hall–Kier alpha value is -2.57. The van der Waals surface area contributed by atoms with Gasteiger partial charge in [-0.05, 0) is 26.3 Å². The van der Waals surface area contributed by atoms with Gasteiger partial charge in [0.05, 0.1) is 6.42 Å². The Bertz CT molecular complexity index is 551. The van der Waals surface area contributed by atoms with Gasteiger partial charge in [0.1, 0.15) is 12.6 Å². The lowest BCUT2D eigenvalue weighted by atomic mass is 10.1. The molecule has 0 radical (unpaired) electrons. The molecule has 7 heteroatoms. The number of hydrogen-bond acceptors (Lipinski definition) is 4. The Labute approximate surface area is 135 Å². The maximum Gasteiger partial charge on any atom is 0.408 e. The van der Waals surface area contributed by atoms with Crippen LogP contribution in [0.5, 0.6) is 0 Å². The van der Waals surface area contributed by atoms with Gasteiger partial charge in [-0.25, -0.2) is 4.79 Å². The molecule has 2 amide bonds. The minimum absolute atomic E-state index is 0.0351. The Kier molecular flexibility index (Phi) is 6.56. The van der Waals surface area contributed by atoms with Crippen LogP contribution in [0.25, 0.3) is 0 Å². The number of benzene rings is 1. The smallest absolute Gasteiger partial charge is 0.408 e. The van der Waals surface area contributed by atoms with Gasteiger partial charge < -0.3 is 20.5 Å². The first-order valence-corrected chi connectivity index (χ1v) is 7.18. The van der Waals surface area contributed by atoms with Crippen molar-refractivity contribution in [1.29, 1.82) is 0 Å². The van der Waals surface area contributed by atoms with Gasteiger partial charge in [-0.1, -0.05) is 30.3 Å². The zero-order chi connectivity index (χ0) is 17.5. The third kappa shape index (κ3) is 7.85. The lowest BCUT2D eigenvalue weighted by molar-refractivity contribution is -0.140. The van der Waals surface area contributed by atoms with Crippen LogP contribution < -0.4 is 10.6 Å². The first kappa shape index (κ1) is 18.5. The van der Waals surface area contributed by atoms with Gasteiger partial charge in [0.15, 0.2) is 0 Å². The SMILES string of the molecule is CC(C)(C)NC(=O)[C@H](CC(=O)O)NC(=O)OCc1ccccc1. The molecule has 23 heavy (non-hydrogen) atoms. The topological polar surface area (TPSA) is 105 Å². The van der Waals surface area contributed by atoms with Crippen LogP contribution in [0.1, 0.15) is 32.8 Å². The number of rotatable bonds is 6. The van der Waals surface area contributed by atoms with Gasteiger partial charge in [-0.15, -0.1) is 0 Å². The standard InChI is InChI=1S/C16H22N2O5/c1-16(2,3)18-14(21)12(9-13(19)20)17-15(22)23-10-11-7-5-4-6-8-11/h4-8,12H,9-10H2,1-3H3,(H,17,22)(H,18,21)(H,19,20)/t12-/m0/s1. The van der Waals surface area contributed by atoms with Gasteiger partial charge in [0.25, 0.3) is 0 Å². The highest BCUT2D eigenvalue weighted by Crippen LogP contribution is 2.04. The van der Waals surface area contributed by atoms with E-state index >= 15 is 0 Å². The Morgan fingerprint density at radius 3 is 2.30 bits per heavy atom. The zero-order valence-corrected chi connectivity index (χ0v) is 13.5. The summed E-state index contributed by atoms with van der Waals surface area (Å²) in [7, 11) is 0. The minimum atomic E-state index is -1.20. The number of carboxylic acid groups (broad SMARTS) is 1. The fourth-order valence-electron chi connectivity index (χ4n) is 1.75. The van der Waals surface area contributed by atoms with Crippen molar-refractivity contribution in [2.45, 2.75) is 45.4 Å². The van der Waals surface area contributed by atoms with Crippen LogP contribution in [0.4, 0.5) is 4.79 Å². The summed E-state index contributed by atoms with van der Waals surface area (Å²) in [5, 5.41) is 13.8. The van der Waals surface area contributed by atoms with Crippen LogP contribution in [0.3, 0.4) is 0 Å². The number of alkyl carbamates (subject to hydrolysis) is 1. The molecule has 0 saturated carbocycles. The lowest BCUT2D eigenvalue weighted by Crippen LogP contribution is -2.52. The number of amides is 2. The quantitative estimate of drug-likeness (QED) is 0.739. The second-order valence-corrected chi connectivity index (χ2v) is 6.10. The Morgan fingerprint density at radius 1 is 1.17 bits per heavy atom.